The van der Waals surface area contributed by atoms with Gasteiger partial charge in [0.25, 0.3) is 0 Å². The molecule has 0 aliphatic carbocycles. The van der Waals surface area contributed by atoms with Crippen LogP contribution < -0.4 is 0 Å². The topological polar surface area (TPSA) is 40.5 Å². The molecule has 2 rings (SSSR count). The van der Waals surface area contributed by atoms with E-state index in [4.69, 9.17) is 10.2 Å². The molecule has 0 heterocycles. The SMILES string of the molecule is CO.CO.C[c-]1cccc1.C[c-]1cccc1.[Hf]. The molecule has 0 bridgehead atoms. The van der Waals surface area contributed by atoms with E-state index in [-0.39, 0.29) is 25.8 Å². The van der Waals surface area contributed by atoms with Crippen molar-refractivity contribution in [1.29, 1.82) is 0 Å². The summed E-state index contributed by atoms with van der Waals surface area (Å²) in [6.45, 7) is 4.17. The van der Waals surface area contributed by atoms with Gasteiger partial charge in [0.05, 0.1) is 0 Å². The van der Waals surface area contributed by atoms with Crippen molar-refractivity contribution < 1.29 is 36.1 Å². The summed E-state index contributed by atoms with van der Waals surface area (Å²) in [5.74, 6) is 0. The molecule has 0 fully saturated rings. The van der Waals surface area contributed by atoms with Crippen LogP contribution in [0.4, 0.5) is 0 Å². The van der Waals surface area contributed by atoms with E-state index >= 15 is 0 Å². The normalized spacial score (nSPS) is 6.94. The first-order chi connectivity index (χ1) is 7.79. The first-order valence-electron chi connectivity index (χ1n) is 5.05. The van der Waals surface area contributed by atoms with Crippen LogP contribution in [-0.4, -0.2) is 24.4 Å². The van der Waals surface area contributed by atoms with Crippen LogP contribution in [-0.2, 0) is 25.8 Å². The van der Waals surface area contributed by atoms with Crippen LogP contribution in [0.25, 0.3) is 0 Å². The molecule has 96 valence electrons. The Bertz CT molecular complexity index is 254. The fourth-order valence-electron chi connectivity index (χ4n) is 0.940. The molecule has 0 aromatic heterocycles. The van der Waals surface area contributed by atoms with Crippen LogP contribution in [0.3, 0.4) is 0 Å². The maximum Gasteiger partial charge on any atom is 0.0319 e. The van der Waals surface area contributed by atoms with E-state index in [1.807, 2.05) is 24.3 Å². The summed E-state index contributed by atoms with van der Waals surface area (Å²) >= 11 is 0. The molecule has 0 unspecified atom stereocenters. The van der Waals surface area contributed by atoms with E-state index in [1.165, 1.54) is 11.1 Å². The molecule has 2 aromatic carbocycles. The van der Waals surface area contributed by atoms with E-state index in [9.17, 15) is 0 Å². The molecule has 0 saturated carbocycles. The summed E-state index contributed by atoms with van der Waals surface area (Å²) in [5, 5.41) is 14.0. The largest absolute Gasteiger partial charge is 0.400 e. The second-order valence-electron chi connectivity index (χ2n) is 2.92. The standard InChI is InChI=1S/2C6H7.2CH4O.Hf/c2*1-6-4-2-3-5-6;2*1-2;/h2*2-5H,1H3;2*2H,1H3;/q2*-1;;;. The van der Waals surface area contributed by atoms with E-state index < -0.39 is 0 Å². The molecule has 0 spiro atoms. The van der Waals surface area contributed by atoms with E-state index in [2.05, 4.69) is 38.1 Å². The quantitative estimate of drug-likeness (QED) is 0.527. The molecule has 0 aliphatic rings. The van der Waals surface area contributed by atoms with Crippen molar-refractivity contribution in [2.75, 3.05) is 14.2 Å². The van der Waals surface area contributed by atoms with E-state index in [0.29, 0.717) is 0 Å². The van der Waals surface area contributed by atoms with Gasteiger partial charge in [-0.2, -0.15) is 35.4 Å². The third kappa shape index (κ3) is 15.5. The Kier molecular flexibility index (Phi) is 22.9. The van der Waals surface area contributed by atoms with Gasteiger partial charge < -0.3 is 10.2 Å². The fraction of sp³-hybridized carbons (Fsp3) is 0.286. The zero-order chi connectivity index (χ0) is 12.8. The van der Waals surface area contributed by atoms with Crippen LogP contribution >= 0.6 is 0 Å². The molecule has 0 radical (unpaired) electrons. The van der Waals surface area contributed by atoms with Crippen LogP contribution in [0, 0.1) is 13.8 Å². The first kappa shape index (κ1) is 21.7. The van der Waals surface area contributed by atoms with Gasteiger partial charge in [0.15, 0.2) is 0 Å². The number of hydrogen-bond acceptors (Lipinski definition) is 2. The van der Waals surface area contributed by atoms with Crippen molar-refractivity contribution in [3.05, 3.63) is 59.7 Å². The summed E-state index contributed by atoms with van der Waals surface area (Å²) in [6.07, 6.45) is 0. The summed E-state index contributed by atoms with van der Waals surface area (Å²) < 4.78 is 0. The third-order valence-corrected chi connectivity index (χ3v) is 1.66. The van der Waals surface area contributed by atoms with Crippen LogP contribution in [0.2, 0.25) is 0 Å². The molecule has 2 aromatic rings. The maximum atomic E-state index is 7.00. The number of hydrogen-bond donors (Lipinski definition) is 2. The van der Waals surface area contributed by atoms with Crippen molar-refractivity contribution >= 4 is 0 Å². The smallest absolute Gasteiger partial charge is 0.0319 e. The molecule has 0 aliphatic heterocycles. The van der Waals surface area contributed by atoms with E-state index in [1.54, 1.807) is 0 Å². The van der Waals surface area contributed by atoms with Crippen molar-refractivity contribution in [3.8, 4) is 0 Å². The van der Waals surface area contributed by atoms with Gasteiger partial charge in [0, 0.05) is 40.1 Å². The van der Waals surface area contributed by atoms with Crippen LogP contribution in [0.1, 0.15) is 11.1 Å². The Morgan fingerprint density at radius 3 is 0.824 bits per heavy atom. The Morgan fingerprint density at radius 2 is 0.765 bits per heavy atom. The van der Waals surface area contributed by atoms with Gasteiger partial charge in [0.2, 0.25) is 0 Å². The molecule has 3 heteroatoms. The molecule has 0 atom stereocenters. The molecule has 2 N–H and O–H groups in total. The van der Waals surface area contributed by atoms with Crippen molar-refractivity contribution in [1.82, 2.24) is 0 Å². The maximum absolute atomic E-state index is 7.00. The van der Waals surface area contributed by atoms with Gasteiger partial charge in [-0.1, -0.05) is 13.8 Å². The van der Waals surface area contributed by atoms with Gasteiger partial charge in [-0.15, -0.1) is 0 Å². The van der Waals surface area contributed by atoms with Crippen molar-refractivity contribution in [3.63, 3.8) is 0 Å². The third-order valence-electron chi connectivity index (χ3n) is 1.66. The van der Waals surface area contributed by atoms with Crippen LogP contribution in [0.5, 0.6) is 0 Å². The van der Waals surface area contributed by atoms with Gasteiger partial charge >= 0.3 is 0 Å². The predicted molar refractivity (Wildman–Crippen MR) is 69.8 cm³/mol. The number of aliphatic hydroxyl groups excluding tert-OH is 2. The molecule has 2 nitrogen and oxygen atoms in total. The summed E-state index contributed by atoms with van der Waals surface area (Å²) in [5.41, 5.74) is 2.69. The molecular weight excluding hydrogens is 379 g/mol. The number of rotatable bonds is 0. The number of aliphatic hydroxyl groups is 2. The van der Waals surface area contributed by atoms with Gasteiger partial charge in [-0.05, 0) is 0 Å². The second-order valence-corrected chi connectivity index (χ2v) is 2.92. The average molecular weight is 401 g/mol. The first-order valence-corrected chi connectivity index (χ1v) is 5.05. The fourth-order valence-corrected chi connectivity index (χ4v) is 0.940. The number of aryl methyl sites for hydroxylation is 2. The van der Waals surface area contributed by atoms with Crippen molar-refractivity contribution in [2.45, 2.75) is 13.8 Å². The predicted octanol–water partition coefficient (Wildman–Crippen LogP) is 2.64. The van der Waals surface area contributed by atoms with Gasteiger partial charge in [-0.25, -0.2) is 24.3 Å². The summed E-state index contributed by atoms with van der Waals surface area (Å²) in [7, 11) is 2.00. The average Bonchev–Trinajstić information content (AvgIpc) is 2.98. The monoisotopic (exact) mass is 402 g/mol. The summed E-state index contributed by atoms with van der Waals surface area (Å²) in [6, 6.07) is 16.5. The Morgan fingerprint density at radius 1 is 0.588 bits per heavy atom. The minimum Gasteiger partial charge on any atom is -0.400 e. The zero-order valence-electron chi connectivity index (χ0n) is 11.0. The Labute approximate surface area is 123 Å². The molecule has 0 amide bonds. The molecule has 17 heavy (non-hydrogen) atoms. The zero-order valence-corrected chi connectivity index (χ0v) is 14.6. The van der Waals surface area contributed by atoms with E-state index in [0.717, 1.165) is 14.2 Å². The molecule has 0 saturated heterocycles. The minimum absolute atomic E-state index is 0. The van der Waals surface area contributed by atoms with Gasteiger partial charge in [0.1, 0.15) is 0 Å². The summed E-state index contributed by atoms with van der Waals surface area (Å²) in [4.78, 5) is 0. The minimum atomic E-state index is 0. The van der Waals surface area contributed by atoms with Gasteiger partial charge in [-0.3, -0.25) is 0 Å². The van der Waals surface area contributed by atoms with Crippen LogP contribution in [0.15, 0.2) is 48.5 Å². The Hall–Kier alpha value is -0.510. The second kappa shape index (κ2) is 17.9. The molecular formula is C14H22HfO2-2. The Balaban J connectivity index is -0.000000171. The van der Waals surface area contributed by atoms with Crippen molar-refractivity contribution in [2.24, 2.45) is 0 Å².